The third-order valence-corrected chi connectivity index (χ3v) is 6.47. The molecule has 1 aliphatic heterocycles. The Balaban J connectivity index is 1.26. The number of benzene rings is 2. The van der Waals surface area contributed by atoms with Crippen molar-refractivity contribution in [1.82, 2.24) is 10.2 Å². The SMILES string of the molecule is CC(C)CN(CC(=O)O)C(=O)[C@@H]1CO[C@H](CNC(=O)OCC2c3ccccc3-c3ccccc32)C1. The Hall–Kier alpha value is -3.39. The third kappa shape index (κ3) is 5.82. The van der Waals surface area contributed by atoms with Gasteiger partial charge in [0.1, 0.15) is 13.2 Å². The molecule has 2 amide bonds. The summed E-state index contributed by atoms with van der Waals surface area (Å²) < 4.78 is 11.3. The van der Waals surface area contributed by atoms with E-state index >= 15 is 0 Å². The number of rotatable bonds is 9. The minimum atomic E-state index is -1.04. The van der Waals surface area contributed by atoms with Crippen LogP contribution in [-0.4, -0.2) is 66.9 Å². The maximum Gasteiger partial charge on any atom is 0.407 e. The zero-order valence-electron chi connectivity index (χ0n) is 20.1. The quantitative estimate of drug-likeness (QED) is 0.569. The molecule has 8 nitrogen and oxygen atoms in total. The van der Waals surface area contributed by atoms with Gasteiger partial charge in [-0.15, -0.1) is 0 Å². The number of amides is 2. The molecule has 1 saturated heterocycles. The fraction of sp³-hybridized carbons (Fsp3) is 0.444. The maximum atomic E-state index is 12.8. The molecule has 1 fully saturated rings. The van der Waals surface area contributed by atoms with E-state index in [1.165, 1.54) is 16.0 Å². The van der Waals surface area contributed by atoms with Crippen molar-refractivity contribution in [2.45, 2.75) is 32.3 Å². The Morgan fingerprint density at radius 2 is 1.71 bits per heavy atom. The van der Waals surface area contributed by atoms with Gasteiger partial charge in [0.25, 0.3) is 0 Å². The summed E-state index contributed by atoms with van der Waals surface area (Å²) in [6.07, 6.45) is -0.427. The minimum absolute atomic E-state index is 0.0148. The van der Waals surface area contributed by atoms with Crippen molar-refractivity contribution in [1.29, 1.82) is 0 Å². The molecule has 35 heavy (non-hydrogen) atoms. The zero-order valence-corrected chi connectivity index (χ0v) is 20.1. The lowest BCUT2D eigenvalue weighted by atomic mass is 9.98. The van der Waals surface area contributed by atoms with Crippen LogP contribution in [0.25, 0.3) is 11.1 Å². The Bertz CT molecular complexity index is 1040. The molecular weight excluding hydrogens is 448 g/mol. The molecule has 0 spiro atoms. The van der Waals surface area contributed by atoms with E-state index in [-0.39, 0.29) is 50.2 Å². The summed E-state index contributed by atoms with van der Waals surface area (Å²) >= 11 is 0. The Morgan fingerprint density at radius 1 is 1.09 bits per heavy atom. The van der Waals surface area contributed by atoms with Crippen LogP contribution in [0, 0.1) is 11.8 Å². The molecule has 2 aromatic carbocycles. The number of carbonyl (C=O) groups excluding carboxylic acids is 2. The summed E-state index contributed by atoms with van der Waals surface area (Å²) in [5, 5.41) is 11.9. The maximum absolute atomic E-state index is 12.8. The third-order valence-electron chi connectivity index (χ3n) is 6.47. The molecule has 8 heteroatoms. The molecule has 0 saturated carbocycles. The number of nitrogens with one attached hydrogen (secondary N) is 1. The highest BCUT2D eigenvalue weighted by Crippen LogP contribution is 2.44. The van der Waals surface area contributed by atoms with Crippen LogP contribution in [0.1, 0.15) is 37.3 Å². The van der Waals surface area contributed by atoms with Gasteiger partial charge in [-0.2, -0.15) is 0 Å². The van der Waals surface area contributed by atoms with E-state index in [2.05, 4.69) is 29.6 Å². The zero-order chi connectivity index (χ0) is 24.9. The predicted octanol–water partition coefficient (Wildman–Crippen LogP) is 3.50. The monoisotopic (exact) mass is 480 g/mol. The Labute approximate surface area is 205 Å². The first-order valence-corrected chi connectivity index (χ1v) is 12.0. The lowest BCUT2D eigenvalue weighted by Gasteiger charge is -2.25. The highest BCUT2D eigenvalue weighted by molar-refractivity contribution is 5.83. The molecule has 2 atom stereocenters. The van der Waals surface area contributed by atoms with E-state index in [9.17, 15) is 14.4 Å². The number of alkyl carbamates (subject to hydrolysis) is 1. The van der Waals surface area contributed by atoms with Gasteiger partial charge in [-0.1, -0.05) is 62.4 Å². The minimum Gasteiger partial charge on any atom is -0.480 e. The highest BCUT2D eigenvalue weighted by Gasteiger charge is 2.35. The number of aliphatic carboxylic acids is 1. The van der Waals surface area contributed by atoms with Crippen LogP contribution in [0.15, 0.2) is 48.5 Å². The highest BCUT2D eigenvalue weighted by atomic mass is 16.5. The first-order chi connectivity index (χ1) is 16.8. The van der Waals surface area contributed by atoms with Crippen molar-refractivity contribution in [3.8, 4) is 11.1 Å². The Kier molecular flexibility index (Phi) is 7.70. The van der Waals surface area contributed by atoms with Crippen LogP contribution < -0.4 is 5.32 Å². The number of carbonyl (C=O) groups is 3. The van der Waals surface area contributed by atoms with E-state index in [0.717, 1.165) is 11.1 Å². The van der Waals surface area contributed by atoms with Gasteiger partial charge in [0, 0.05) is 19.0 Å². The van der Waals surface area contributed by atoms with Gasteiger partial charge in [0.2, 0.25) is 5.91 Å². The summed E-state index contributed by atoms with van der Waals surface area (Å²) in [7, 11) is 0. The number of carboxylic acid groups (broad SMARTS) is 1. The van der Waals surface area contributed by atoms with Crippen LogP contribution in [0.3, 0.4) is 0 Å². The molecule has 0 unspecified atom stereocenters. The Morgan fingerprint density at radius 3 is 2.31 bits per heavy atom. The molecule has 1 heterocycles. The lowest BCUT2D eigenvalue weighted by Crippen LogP contribution is -2.42. The summed E-state index contributed by atoms with van der Waals surface area (Å²) in [5.74, 6) is -1.52. The van der Waals surface area contributed by atoms with Gasteiger partial charge in [-0.3, -0.25) is 9.59 Å². The molecule has 4 rings (SSSR count). The summed E-state index contributed by atoms with van der Waals surface area (Å²) in [6, 6.07) is 16.3. The van der Waals surface area contributed by atoms with Crippen LogP contribution in [0.5, 0.6) is 0 Å². The van der Waals surface area contributed by atoms with Gasteiger partial charge in [0.15, 0.2) is 0 Å². The molecule has 2 aliphatic rings. The summed E-state index contributed by atoms with van der Waals surface area (Å²) in [6.45, 7) is 4.60. The van der Waals surface area contributed by atoms with Crippen molar-refractivity contribution in [2.75, 3.05) is 32.8 Å². The topological polar surface area (TPSA) is 105 Å². The van der Waals surface area contributed by atoms with E-state index in [0.29, 0.717) is 13.0 Å². The van der Waals surface area contributed by atoms with Crippen LogP contribution in [-0.2, 0) is 19.1 Å². The van der Waals surface area contributed by atoms with E-state index in [1.54, 1.807) is 0 Å². The van der Waals surface area contributed by atoms with Crippen LogP contribution in [0.2, 0.25) is 0 Å². The van der Waals surface area contributed by atoms with Crippen molar-refractivity contribution < 1.29 is 29.0 Å². The average Bonchev–Trinajstić information content (AvgIpc) is 3.43. The van der Waals surface area contributed by atoms with Gasteiger partial charge < -0.3 is 24.8 Å². The molecule has 2 aromatic rings. The second kappa shape index (κ2) is 10.9. The standard InChI is InChI=1S/C27H32N2O6/c1-17(2)13-29(14-25(30)31)26(32)18-11-19(34-15-18)12-28-27(33)35-16-24-22-9-5-3-7-20(22)21-8-4-6-10-23(21)24/h3-10,17-19,24H,11-16H2,1-2H3,(H,28,33)(H,30,31)/t18-,19-/m0/s1. The second-order valence-corrected chi connectivity index (χ2v) is 9.60. The molecule has 186 valence electrons. The predicted molar refractivity (Wildman–Crippen MR) is 130 cm³/mol. The molecule has 0 aromatic heterocycles. The fourth-order valence-electron chi connectivity index (χ4n) is 4.96. The number of hydrogen-bond acceptors (Lipinski definition) is 5. The van der Waals surface area contributed by atoms with Gasteiger partial charge in [-0.25, -0.2) is 4.79 Å². The van der Waals surface area contributed by atoms with Gasteiger partial charge >= 0.3 is 12.1 Å². The van der Waals surface area contributed by atoms with Gasteiger partial charge in [-0.05, 0) is 34.6 Å². The largest absolute Gasteiger partial charge is 0.480 e. The molecule has 0 radical (unpaired) electrons. The van der Waals surface area contributed by atoms with Crippen molar-refractivity contribution >= 4 is 18.0 Å². The van der Waals surface area contributed by atoms with E-state index in [1.807, 2.05) is 38.1 Å². The smallest absolute Gasteiger partial charge is 0.407 e. The molecular formula is C27H32N2O6. The van der Waals surface area contributed by atoms with Crippen molar-refractivity contribution in [3.63, 3.8) is 0 Å². The number of hydrogen-bond donors (Lipinski definition) is 2. The first kappa shape index (κ1) is 24.7. The molecule has 1 aliphatic carbocycles. The van der Waals surface area contributed by atoms with E-state index in [4.69, 9.17) is 14.6 Å². The number of fused-ring (bicyclic) bond motifs is 3. The average molecular weight is 481 g/mol. The second-order valence-electron chi connectivity index (χ2n) is 9.60. The van der Waals surface area contributed by atoms with Crippen molar-refractivity contribution in [3.05, 3.63) is 59.7 Å². The number of ether oxygens (including phenoxy) is 2. The lowest BCUT2D eigenvalue weighted by molar-refractivity contribution is -0.146. The van der Waals surface area contributed by atoms with Crippen LogP contribution in [0.4, 0.5) is 4.79 Å². The summed E-state index contributed by atoms with van der Waals surface area (Å²) in [5.41, 5.74) is 4.63. The number of carboxylic acids is 1. The van der Waals surface area contributed by atoms with Crippen molar-refractivity contribution in [2.24, 2.45) is 11.8 Å². The number of nitrogens with zero attached hydrogens (tertiary/aromatic N) is 1. The first-order valence-electron chi connectivity index (χ1n) is 12.0. The van der Waals surface area contributed by atoms with Crippen LogP contribution >= 0.6 is 0 Å². The molecule has 0 bridgehead atoms. The molecule has 2 N–H and O–H groups in total. The van der Waals surface area contributed by atoms with E-state index < -0.39 is 18.0 Å². The normalized spacial score (nSPS) is 18.7. The summed E-state index contributed by atoms with van der Waals surface area (Å²) in [4.78, 5) is 37.8. The van der Waals surface area contributed by atoms with Gasteiger partial charge in [0.05, 0.1) is 18.6 Å². The fourth-order valence-corrected chi connectivity index (χ4v) is 4.96.